The number of nitrogens with one attached hydrogen (secondary N) is 1. The number of anilines is 1. The third-order valence-corrected chi connectivity index (χ3v) is 2.58. The van der Waals surface area contributed by atoms with Crippen molar-refractivity contribution in [2.45, 2.75) is 18.9 Å². The molecule has 0 unspecified atom stereocenters. The minimum atomic E-state index is -0.331. The molecule has 0 bridgehead atoms. The van der Waals surface area contributed by atoms with E-state index >= 15 is 0 Å². The molecule has 1 saturated carbocycles. The number of nitrogens with zero attached hydrogens (tertiary/aromatic N) is 3. The molecule has 3 N–H and O–H groups in total. The van der Waals surface area contributed by atoms with E-state index in [1.807, 2.05) is 0 Å². The fourth-order valence-electron chi connectivity index (χ4n) is 1.49. The van der Waals surface area contributed by atoms with Gasteiger partial charge in [0.25, 0.3) is 17.6 Å². The van der Waals surface area contributed by atoms with Gasteiger partial charge in [-0.15, -0.1) is 0 Å². The second-order valence-corrected chi connectivity index (χ2v) is 4.11. The molecule has 7 nitrogen and oxygen atoms in total. The molecular formula is C11H11N5O2. The highest BCUT2D eigenvalue weighted by molar-refractivity contribution is 5.91. The van der Waals surface area contributed by atoms with Crippen LogP contribution in [0.4, 0.5) is 5.69 Å². The zero-order valence-electron chi connectivity index (χ0n) is 9.46. The van der Waals surface area contributed by atoms with E-state index in [-0.39, 0.29) is 23.7 Å². The van der Waals surface area contributed by atoms with Gasteiger partial charge in [0.15, 0.2) is 5.69 Å². The van der Waals surface area contributed by atoms with E-state index in [1.165, 1.54) is 0 Å². The highest BCUT2D eigenvalue weighted by Gasteiger charge is 2.26. The maximum atomic E-state index is 11.7. The summed E-state index contributed by atoms with van der Waals surface area (Å²) in [5.41, 5.74) is 6.55. The van der Waals surface area contributed by atoms with Crippen LogP contribution in [0.1, 0.15) is 23.5 Å². The van der Waals surface area contributed by atoms with Crippen LogP contribution in [-0.2, 0) is 0 Å². The van der Waals surface area contributed by atoms with Crippen molar-refractivity contribution in [1.29, 1.82) is 0 Å². The highest BCUT2D eigenvalue weighted by Crippen LogP contribution is 2.22. The van der Waals surface area contributed by atoms with Crippen molar-refractivity contribution >= 4 is 11.6 Å². The average molecular weight is 245 g/mol. The standard InChI is InChI=1S/C11H11N5O2/c12-7-2-1-5-13-8(7)11-15-9(16-18-11)10(17)14-6-3-4-6/h1-2,5-6H,3-4,12H2,(H,14,17). The minimum Gasteiger partial charge on any atom is -0.397 e. The van der Waals surface area contributed by atoms with Crippen LogP contribution in [0.3, 0.4) is 0 Å². The summed E-state index contributed by atoms with van der Waals surface area (Å²) in [5.74, 6) is -0.182. The van der Waals surface area contributed by atoms with E-state index in [0.29, 0.717) is 11.4 Å². The first-order valence-corrected chi connectivity index (χ1v) is 5.59. The van der Waals surface area contributed by atoms with Crippen molar-refractivity contribution in [1.82, 2.24) is 20.4 Å². The van der Waals surface area contributed by atoms with Crippen LogP contribution in [-0.4, -0.2) is 27.1 Å². The van der Waals surface area contributed by atoms with Crippen molar-refractivity contribution in [2.75, 3.05) is 5.73 Å². The molecule has 0 radical (unpaired) electrons. The topological polar surface area (TPSA) is 107 Å². The van der Waals surface area contributed by atoms with Crippen molar-refractivity contribution in [3.63, 3.8) is 0 Å². The van der Waals surface area contributed by atoms with E-state index in [4.69, 9.17) is 10.3 Å². The molecule has 1 amide bonds. The van der Waals surface area contributed by atoms with Crippen LogP contribution in [0.25, 0.3) is 11.6 Å². The lowest BCUT2D eigenvalue weighted by Crippen LogP contribution is -2.26. The molecule has 2 aromatic heterocycles. The molecule has 0 spiro atoms. The molecule has 18 heavy (non-hydrogen) atoms. The molecular weight excluding hydrogens is 234 g/mol. The van der Waals surface area contributed by atoms with Gasteiger partial charge in [-0.3, -0.25) is 4.79 Å². The zero-order chi connectivity index (χ0) is 12.5. The van der Waals surface area contributed by atoms with Crippen LogP contribution in [0.15, 0.2) is 22.9 Å². The van der Waals surface area contributed by atoms with Crippen molar-refractivity contribution in [2.24, 2.45) is 0 Å². The van der Waals surface area contributed by atoms with Crippen molar-refractivity contribution in [3.8, 4) is 11.6 Å². The Morgan fingerprint density at radius 2 is 2.33 bits per heavy atom. The number of amides is 1. The lowest BCUT2D eigenvalue weighted by Gasteiger charge is -1.97. The number of nitrogen functional groups attached to an aromatic ring is 1. The molecule has 92 valence electrons. The molecule has 7 heteroatoms. The van der Waals surface area contributed by atoms with Crippen molar-refractivity contribution < 1.29 is 9.32 Å². The fourth-order valence-corrected chi connectivity index (χ4v) is 1.49. The molecule has 1 fully saturated rings. The predicted octanol–water partition coefficient (Wildman–Crippen LogP) is 0.606. The number of aromatic nitrogens is 3. The van der Waals surface area contributed by atoms with Gasteiger partial charge in [0.05, 0.1) is 5.69 Å². The van der Waals surface area contributed by atoms with E-state index in [1.54, 1.807) is 18.3 Å². The Morgan fingerprint density at radius 3 is 3.06 bits per heavy atom. The average Bonchev–Trinajstić information content (AvgIpc) is 3.04. The molecule has 0 saturated heterocycles. The summed E-state index contributed by atoms with van der Waals surface area (Å²) in [6, 6.07) is 3.63. The Balaban J connectivity index is 1.84. The lowest BCUT2D eigenvalue weighted by atomic mass is 10.3. The second kappa shape index (κ2) is 4.10. The Labute approximate surface area is 102 Å². The smallest absolute Gasteiger partial charge is 0.292 e. The normalized spacial score (nSPS) is 14.4. The third kappa shape index (κ3) is 2.02. The monoisotopic (exact) mass is 245 g/mol. The van der Waals surface area contributed by atoms with Gasteiger partial charge in [-0.1, -0.05) is 5.16 Å². The van der Waals surface area contributed by atoms with Crippen molar-refractivity contribution in [3.05, 3.63) is 24.2 Å². The van der Waals surface area contributed by atoms with Crippen LogP contribution in [0.5, 0.6) is 0 Å². The number of nitrogens with two attached hydrogens (primary N) is 1. The van der Waals surface area contributed by atoms with Gasteiger partial charge in [0.2, 0.25) is 0 Å². The molecule has 2 aromatic rings. The third-order valence-electron chi connectivity index (χ3n) is 2.58. The molecule has 1 aliphatic rings. The van der Waals surface area contributed by atoms with Crippen LogP contribution in [0.2, 0.25) is 0 Å². The summed E-state index contributed by atoms with van der Waals surface area (Å²) >= 11 is 0. The van der Waals surface area contributed by atoms with Gasteiger partial charge >= 0.3 is 0 Å². The number of carbonyl (C=O) groups excluding carboxylic acids is 1. The summed E-state index contributed by atoms with van der Waals surface area (Å²) < 4.78 is 4.99. The van der Waals surface area contributed by atoms with Gasteiger partial charge in [0, 0.05) is 12.2 Å². The molecule has 0 aliphatic heterocycles. The van der Waals surface area contributed by atoms with E-state index < -0.39 is 0 Å². The Morgan fingerprint density at radius 1 is 1.50 bits per heavy atom. The van der Waals surface area contributed by atoms with Gasteiger partial charge in [-0.2, -0.15) is 4.98 Å². The van der Waals surface area contributed by atoms with Gasteiger partial charge < -0.3 is 15.6 Å². The fraction of sp³-hybridized carbons (Fsp3) is 0.273. The number of hydrogen-bond acceptors (Lipinski definition) is 6. The first-order valence-electron chi connectivity index (χ1n) is 5.59. The molecule has 2 heterocycles. The largest absolute Gasteiger partial charge is 0.397 e. The number of hydrogen-bond donors (Lipinski definition) is 2. The van der Waals surface area contributed by atoms with Gasteiger partial charge in [0.1, 0.15) is 0 Å². The lowest BCUT2D eigenvalue weighted by molar-refractivity contribution is 0.0937. The summed E-state index contributed by atoms with van der Waals surface area (Å²) in [4.78, 5) is 19.7. The molecule has 0 atom stereocenters. The summed E-state index contributed by atoms with van der Waals surface area (Å²) in [6.45, 7) is 0. The highest BCUT2D eigenvalue weighted by atomic mass is 16.5. The number of carbonyl (C=O) groups is 1. The second-order valence-electron chi connectivity index (χ2n) is 4.11. The van der Waals surface area contributed by atoms with E-state index in [0.717, 1.165) is 12.8 Å². The molecule has 0 aromatic carbocycles. The SMILES string of the molecule is Nc1cccnc1-c1nc(C(=O)NC2CC2)no1. The summed E-state index contributed by atoms with van der Waals surface area (Å²) in [6.07, 6.45) is 3.58. The first kappa shape index (κ1) is 10.7. The minimum absolute atomic E-state index is 0.00181. The van der Waals surface area contributed by atoms with Gasteiger partial charge in [-0.05, 0) is 25.0 Å². The van der Waals surface area contributed by atoms with Crippen LogP contribution in [0, 0.1) is 0 Å². The van der Waals surface area contributed by atoms with Crippen LogP contribution >= 0.6 is 0 Å². The Kier molecular flexibility index (Phi) is 2.44. The quantitative estimate of drug-likeness (QED) is 0.820. The number of pyridine rings is 1. The summed E-state index contributed by atoms with van der Waals surface area (Å²) in [5, 5.41) is 6.39. The van der Waals surface area contributed by atoms with Gasteiger partial charge in [-0.25, -0.2) is 4.98 Å². The number of rotatable bonds is 3. The molecule has 1 aliphatic carbocycles. The zero-order valence-corrected chi connectivity index (χ0v) is 9.46. The first-order chi connectivity index (χ1) is 8.74. The maximum Gasteiger partial charge on any atom is 0.292 e. The summed E-state index contributed by atoms with van der Waals surface area (Å²) in [7, 11) is 0. The Hall–Kier alpha value is -2.44. The van der Waals surface area contributed by atoms with E-state index in [2.05, 4.69) is 20.4 Å². The van der Waals surface area contributed by atoms with E-state index in [9.17, 15) is 4.79 Å². The maximum absolute atomic E-state index is 11.7. The molecule has 3 rings (SSSR count). The predicted molar refractivity (Wildman–Crippen MR) is 62.4 cm³/mol. The Bertz CT molecular complexity index is 591. The van der Waals surface area contributed by atoms with Crippen LogP contribution < -0.4 is 11.1 Å².